The Morgan fingerprint density at radius 2 is 2.05 bits per heavy atom. The Balaban J connectivity index is 1.19. The number of likely N-dealkylation sites (N-methyl/N-ethyl adjacent to an activating group) is 1. The van der Waals surface area contributed by atoms with Gasteiger partial charge in [0.15, 0.2) is 11.5 Å². The number of hydrogen-bond donors (Lipinski definition) is 1. The van der Waals surface area contributed by atoms with Gasteiger partial charge in [0.1, 0.15) is 18.1 Å². The van der Waals surface area contributed by atoms with Crippen molar-refractivity contribution < 1.29 is 19.0 Å². The zero-order valence-electron chi connectivity index (χ0n) is 22.2. The smallest absolute Gasteiger partial charge is 0.227 e. The first-order valence-electron chi connectivity index (χ1n) is 13.5. The van der Waals surface area contributed by atoms with E-state index in [-0.39, 0.29) is 11.8 Å². The fourth-order valence-corrected chi connectivity index (χ4v) is 6.06. The lowest BCUT2D eigenvalue weighted by atomic mass is 9.82. The molecule has 2 heterocycles. The molecule has 3 aromatic rings. The van der Waals surface area contributed by atoms with E-state index in [1.807, 2.05) is 30.3 Å². The third-order valence-corrected chi connectivity index (χ3v) is 8.42. The molecule has 38 heavy (non-hydrogen) atoms. The van der Waals surface area contributed by atoms with Crippen molar-refractivity contribution in [3.05, 3.63) is 65.9 Å². The predicted molar refractivity (Wildman–Crippen MR) is 147 cm³/mol. The first-order valence-corrected chi connectivity index (χ1v) is 13.5. The number of rotatable bonds is 8. The van der Waals surface area contributed by atoms with E-state index >= 15 is 0 Å². The number of aryl methyl sites for hydroxylation is 1. The molecule has 0 radical (unpaired) electrons. The molecular formula is C31H35N3O4. The van der Waals surface area contributed by atoms with Crippen LogP contribution in [0, 0.1) is 5.41 Å². The zero-order valence-corrected chi connectivity index (χ0v) is 22.2. The number of benzene rings is 2. The molecule has 7 nitrogen and oxygen atoms in total. The summed E-state index contributed by atoms with van der Waals surface area (Å²) in [7, 11) is 3.35. The number of ether oxygens (including phenoxy) is 3. The number of nitrogens with one attached hydrogen (secondary N) is 1. The van der Waals surface area contributed by atoms with Crippen LogP contribution in [-0.4, -0.2) is 56.2 Å². The van der Waals surface area contributed by atoms with E-state index in [0.717, 1.165) is 61.1 Å². The SMILES string of the molecule is C=C1CN(CCOc2cc3nccc(Oc4ccc5c(c4)CCCC5C(=O)NC)c3cc2OC)CC12CC2. The number of carbonyl (C=O) groups excluding carboxylic acids is 1. The molecule has 1 aliphatic heterocycles. The molecule has 7 heteroatoms. The summed E-state index contributed by atoms with van der Waals surface area (Å²) in [5.41, 5.74) is 4.81. The highest BCUT2D eigenvalue weighted by atomic mass is 16.5. The van der Waals surface area contributed by atoms with E-state index in [0.29, 0.717) is 29.3 Å². The first kappa shape index (κ1) is 24.7. The third-order valence-electron chi connectivity index (χ3n) is 8.42. The number of aromatic nitrogens is 1. The summed E-state index contributed by atoms with van der Waals surface area (Å²) in [5, 5.41) is 3.65. The van der Waals surface area contributed by atoms with E-state index in [1.165, 1.54) is 24.0 Å². The summed E-state index contributed by atoms with van der Waals surface area (Å²) < 4.78 is 18.2. The normalized spacial score (nSPS) is 19.8. The molecule has 0 bridgehead atoms. The first-order chi connectivity index (χ1) is 18.5. The van der Waals surface area contributed by atoms with Crippen LogP contribution in [0.3, 0.4) is 0 Å². The van der Waals surface area contributed by atoms with Gasteiger partial charge in [-0.05, 0) is 67.5 Å². The van der Waals surface area contributed by atoms with E-state index in [9.17, 15) is 4.79 Å². The molecule has 1 spiro atoms. The molecular weight excluding hydrogens is 478 g/mol. The molecule has 2 fully saturated rings. The lowest BCUT2D eigenvalue weighted by Crippen LogP contribution is -2.28. The van der Waals surface area contributed by atoms with Gasteiger partial charge in [-0.3, -0.25) is 14.7 Å². The minimum Gasteiger partial charge on any atom is -0.493 e. The van der Waals surface area contributed by atoms with Crippen molar-refractivity contribution >= 4 is 16.8 Å². The molecule has 2 aromatic carbocycles. The second kappa shape index (κ2) is 9.95. The van der Waals surface area contributed by atoms with E-state index < -0.39 is 0 Å². The lowest BCUT2D eigenvalue weighted by molar-refractivity contribution is -0.122. The summed E-state index contributed by atoms with van der Waals surface area (Å²) in [6.45, 7) is 7.78. The van der Waals surface area contributed by atoms with Crippen LogP contribution < -0.4 is 19.5 Å². The van der Waals surface area contributed by atoms with Crippen LogP contribution in [-0.2, 0) is 11.2 Å². The van der Waals surface area contributed by atoms with Gasteiger partial charge >= 0.3 is 0 Å². The Labute approximate surface area is 223 Å². The molecule has 1 atom stereocenters. The molecule has 198 valence electrons. The molecule has 1 aromatic heterocycles. The summed E-state index contributed by atoms with van der Waals surface area (Å²) >= 11 is 0. The number of pyridine rings is 1. The lowest BCUT2D eigenvalue weighted by Gasteiger charge is -2.24. The van der Waals surface area contributed by atoms with Gasteiger partial charge in [0.25, 0.3) is 0 Å². The van der Waals surface area contributed by atoms with Crippen LogP contribution in [0.25, 0.3) is 10.9 Å². The van der Waals surface area contributed by atoms with Gasteiger partial charge in [-0.1, -0.05) is 18.2 Å². The van der Waals surface area contributed by atoms with Gasteiger partial charge in [-0.15, -0.1) is 0 Å². The monoisotopic (exact) mass is 513 g/mol. The number of carbonyl (C=O) groups is 1. The van der Waals surface area contributed by atoms with Gasteiger partial charge in [-0.25, -0.2) is 0 Å². The van der Waals surface area contributed by atoms with E-state index in [4.69, 9.17) is 14.2 Å². The van der Waals surface area contributed by atoms with Crippen LogP contribution >= 0.6 is 0 Å². The number of fused-ring (bicyclic) bond motifs is 2. The Morgan fingerprint density at radius 3 is 2.82 bits per heavy atom. The fourth-order valence-electron chi connectivity index (χ4n) is 6.06. The van der Waals surface area contributed by atoms with Gasteiger partial charge < -0.3 is 19.5 Å². The molecule has 1 amide bonds. The minimum atomic E-state index is -0.0960. The number of methoxy groups -OCH3 is 1. The number of likely N-dealkylation sites (tertiary alicyclic amines) is 1. The van der Waals surface area contributed by atoms with Crippen molar-refractivity contribution in [1.82, 2.24) is 15.2 Å². The highest BCUT2D eigenvalue weighted by molar-refractivity contribution is 5.88. The van der Waals surface area contributed by atoms with Crippen molar-refractivity contribution in [1.29, 1.82) is 0 Å². The minimum absolute atomic E-state index is 0.0718. The predicted octanol–water partition coefficient (Wildman–Crippen LogP) is 5.23. The Hall–Kier alpha value is -3.58. The maximum absolute atomic E-state index is 12.3. The summed E-state index contributed by atoms with van der Waals surface area (Å²) in [5.74, 6) is 2.75. The van der Waals surface area contributed by atoms with Gasteiger partial charge in [0, 0.05) is 49.7 Å². The molecule has 2 aliphatic carbocycles. The largest absolute Gasteiger partial charge is 0.493 e. The molecule has 1 N–H and O–H groups in total. The van der Waals surface area contributed by atoms with Crippen molar-refractivity contribution in [2.24, 2.45) is 5.41 Å². The highest BCUT2D eigenvalue weighted by Crippen LogP contribution is 2.55. The van der Waals surface area contributed by atoms with Crippen LogP contribution in [0.4, 0.5) is 0 Å². The quantitative estimate of drug-likeness (QED) is 0.416. The average molecular weight is 514 g/mol. The van der Waals surface area contributed by atoms with Crippen molar-refractivity contribution in [2.75, 3.05) is 40.4 Å². The topological polar surface area (TPSA) is 72.9 Å². The number of nitrogens with zero attached hydrogens (tertiary/aromatic N) is 2. The maximum atomic E-state index is 12.3. The third kappa shape index (κ3) is 4.60. The molecule has 6 rings (SSSR count). The second-order valence-corrected chi connectivity index (χ2v) is 10.8. The Bertz CT molecular complexity index is 1400. The number of hydrogen-bond acceptors (Lipinski definition) is 6. The Kier molecular flexibility index (Phi) is 6.48. The maximum Gasteiger partial charge on any atom is 0.227 e. The highest BCUT2D eigenvalue weighted by Gasteiger charge is 2.50. The van der Waals surface area contributed by atoms with Crippen molar-refractivity contribution in [3.8, 4) is 23.0 Å². The fraction of sp³-hybridized carbons (Fsp3) is 0.419. The summed E-state index contributed by atoms with van der Waals surface area (Å²) in [6.07, 6.45) is 7.11. The number of amides is 1. The van der Waals surface area contributed by atoms with Crippen molar-refractivity contribution in [2.45, 2.75) is 38.0 Å². The second-order valence-electron chi connectivity index (χ2n) is 10.8. The van der Waals surface area contributed by atoms with Gasteiger partial charge in [0.05, 0.1) is 18.5 Å². The molecule has 3 aliphatic rings. The molecule has 1 saturated heterocycles. The van der Waals surface area contributed by atoms with E-state index in [1.54, 1.807) is 20.4 Å². The summed E-state index contributed by atoms with van der Waals surface area (Å²) in [6, 6.07) is 11.8. The Morgan fingerprint density at radius 1 is 1.18 bits per heavy atom. The van der Waals surface area contributed by atoms with Crippen LogP contribution in [0.5, 0.6) is 23.0 Å². The van der Waals surface area contributed by atoms with Crippen molar-refractivity contribution in [3.63, 3.8) is 0 Å². The standard InChI is InChI=1S/C31H35N3O4/c1-20-18-34(19-31(20)10-11-31)13-14-37-29-17-26-25(16-28(29)36-3)27(9-12-33-26)38-22-7-8-23-21(15-22)5-4-6-24(23)30(35)32-2/h7-9,12,15-17,24H,1,4-6,10-11,13-14,18-19H2,2-3H3,(H,32,35). The van der Waals surface area contributed by atoms with E-state index in [2.05, 4.69) is 27.8 Å². The summed E-state index contributed by atoms with van der Waals surface area (Å²) in [4.78, 5) is 19.3. The van der Waals surface area contributed by atoms with Gasteiger partial charge in [-0.2, -0.15) is 0 Å². The molecule has 1 saturated carbocycles. The van der Waals surface area contributed by atoms with Crippen LogP contribution in [0.2, 0.25) is 0 Å². The van der Waals surface area contributed by atoms with Crippen LogP contribution in [0.15, 0.2) is 54.7 Å². The van der Waals surface area contributed by atoms with Gasteiger partial charge in [0.2, 0.25) is 5.91 Å². The molecule has 1 unspecified atom stereocenters. The average Bonchev–Trinajstić information content (AvgIpc) is 3.65. The zero-order chi connectivity index (χ0) is 26.3. The van der Waals surface area contributed by atoms with Crippen LogP contribution in [0.1, 0.15) is 42.7 Å².